The predicted molar refractivity (Wildman–Crippen MR) is 37.8 cm³/mol. The molecule has 0 bridgehead atoms. The van der Waals surface area contributed by atoms with Gasteiger partial charge in [-0.1, -0.05) is 28.1 Å². The first kappa shape index (κ1) is 7.22. The molecular formula is C6H11Br. The summed E-state index contributed by atoms with van der Waals surface area (Å²) in [6, 6.07) is 0. The molecule has 0 fully saturated rings. The summed E-state index contributed by atoms with van der Waals surface area (Å²) in [6.07, 6.45) is 6.73. The molecule has 0 amide bonds. The zero-order chi connectivity index (χ0) is 5.54. The molecule has 0 radical (unpaired) electrons. The predicted octanol–water partition coefficient (Wildman–Crippen LogP) is 2.74. The average molecular weight is 163 g/mol. The van der Waals surface area contributed by atoms with Gasteiger partial charge in [-0.2, -0.15) is 0 Å². The fourth-order valence-corrected chi connectivity index (χ4v) is 0.685. The Hall–Kier alpha value is 0.220. The first-order valence-corrected chi connectivity index (χ1v) is 3.71. The molecule has 7 heavy (non-hydrogen) atoms. The van der Waals surface area contributed by atoms with Gasteiger partial charge in [0, 0.05) is 5.33 Å². The molecular weight excluding hydrogens is 152 g/mol. The van der Waals surface area contributed by atoms with E-state index in [0.717, 1.165) is 5.33 Å². The lowest BCUT2D eigenvalue weighted by Gasteiger charge is -1.82. The second-order valence-corrected chi connectivity index (χ2v) is 2.19. The Kier molecular flexibility index (Phi) is 6.42. The number of hydrogen-bond donors (Lipinski definition) is 0. The van der Waals surface area contributed by atoms with Crippen molar-refractivity contribution in [2.75, 3.05) is 5.33 Å². The lowest BCUT2D eigenvalue weighted by Crippen LogP contribution is -1.67. The summed E-state index contributed by atoms with van der Waals surface area (Å²) in [5.41, 5.74) is 0. The van der Waals surface area contributed by atoms with Crippen LogP contribution >= 0.6 is 15.9 Å². The van der Waals surface area contributed by atoms with Crippen molar-refractivity contribution < 1.29 is 0 Å². The van der Waals surface area contributed by atoms with Gasteiger partial charge >= 0.3 is 0 Å². The topological polar surface area (TPSA) is 0 Å². The molecule has 0 nitrogen and oxygen atoms in total. The molecule has 1 heteroatoms. The first-order chi connectivity index (χ1) is 3.41. The highest BCUT2D eigenvalue weighted by molar-refractivity contribution is 9.09. The Morgan fingerprint density at radius 2 is 2.29 bits per heavy atom. The van der Waals surface area contributed by atoms with E-state index in [0.29, 0.717) is 0 Å². The van der Waals surface area contributed by atoms with E-state index in [1.807, 2.05) is 6.92 Å². The van der Waals surface area contributed by atoms with E-state index in [1.165, 1.54) is 12.8 Å². The number of allylic oxidation sites excluding steroid dienone is 2. The minimum absolute atomic E-state index is 1.12. The molecule has 42 valence electrons. The summed E-state index contributed by atoms with van der Waals surface area (Å²) >= 11 is 3.35. The average Bonchev–Trinajstić information content (AvgIpc) is 1.69. The van der Waals surface area contributed by atoms with Crippen LogP contribution in [0.25, 0.3) is 0 Å². The van der Waals surface area contributed by atoms with Crippen molar-refractivity contribution >= 4 is 15.9 Å². The quantitative estimate of drug-likeness (QED) is 0.341. The highest BCUT2D eigenvalue weighted by atomic mass is 79.9. The summed E-state index contributed by atoms with van der Waals surface area (Å²) < 4.78 is 0. The maximum atomic E-state index is 3.35. The summed E-state index contributed by atoms with van der Waals surface area (Å²) in [4.78, 5) is 0. The van der Waals surface area contributed by atoms with Crippen LogP contribution in [0.15, 0.2) is 12.2 Å². The van der Waals surface area contributed by atoms with Crippen molar-refractivity contribution in [3.8, 4) is 0 Å². The van der Waals surface area contributed by atoms with Gasteiger partial charge in [0.1, 0.15) is 0 Å². The Morgan fingerprint density at radius 3 is 2.71 bits per heavy atom. The van der Waals surface area contributed by atoms with Crippen LogP contribution in [0, 0.1) is 0 Å². The van der Waals surface area contributed by atoms with E-state index >= 15 is 0 Å². The van der Waals surface area contributed by atoms with Crippen LogP contribution in [-0.4, -0.2) is 5.33 Å². The molecule has 0 heterocycles. The summed E-state index contributed by atoms with van der Waals surface area (Å²) in [5.74, 6) is 0. The van der Waals surface area contributed by atoms with E-state index in [1.54, 1.807) is 0 Å². The standard InChI is InChI=1S/C6H11Br/c1-2-3-4-5-6-7/h2-3H,4-6H2,1H3/b3-2+. The van der Waals surface area contributed by atoms with Gasteiger partial charge < -0.3 is 0 Å². The molecule has 0 unspecified atom stereocenters. The van der Waals surface area contributed by atoms with Crippen LogP contribution in [0.1, 0.15) is 19.8 Å². The van der Waals surface area contributed by atoms with Crippen molar-refractivity contribution in [3.05, 3.63) is 12.2 Å². The molecule has 0 aromatic heterocycles. The van der Waals surface area contributed by atoms with E-state index < -0.39 is 0 Å². The van der Waals surface area contributed by atoms with E-state index in [-0.39, 0.29) is 0 Å². The number of rotatable bonds is 3. The van der Waals surface area contributed by atoms with Gasteiger partial charge in [-0.05, 0) is 19.8 Å². The van der Waals surface area contributed by atoms with Crippen LogP contribution in [0.3, 0.4) is 0 Å². The Labute approximate surface area is 53.7 Å². The maximum absolute atomic E-state index is 3.35. The van der Waals surface area contributed by atoms with Crippen molar-refractivity contribution in [1.82, 2.24) is 0 Å². The van der Waals surface area contributed by atoms with Gasteiger partial charge in [-0.25, -0.2) is 0 Å². The first-order valence-electron chi connectivity index (χ1n) is 2.59. The fraction of sp³-hybridized carbons (Fsp3) is 0.667. The van der Waals surface area contributed by atoms with Crippen LogP contribution in [-0.2, 0) is 0 Å². The Balaban J connectivity index is 2.69. The normalized spacial score (nSPS) is 10.6. The van der Waals surface area contributed by atoms with Gasteiger partial charge in [0.2, 0.25) is 0 Å². The summed E-state index contributed by atoms with van der Waals surface area (Å²) in [6.45, 7) is 2.05. The Morgan fingerprint density at radius 1 is 1.57 bits per heavy atom. The largest absolute Gasteiger partial charge is 0.0928 e. The van der Waals surface area contributed by atoms with Crippen LogP contribution < -0.4 is 0 Å². The third-order valence-electron chi connectivity index (χ3n) is 0.740. The number of hydrogen-bond acceptors (Lipinski definition) is 0. The summed E-state index contributed by atoms with van der Waals surface area (Å²) in [5, 5.41) is 1.12. The molecule has 0 aliphatic heterocycles. The maximum Gasteiger partial charge on any atom is 0.00342 e. The Bertz CT molecular complexity index is 48.1. The molecule has 0 rings (SSSR count). The number of unbranched alkanes of at least 4 members (excludes halogenated alkanes) is 1. The van der Waals surface area contributed by atoms with Gasteiger partial charge in [0.05, 0.1) is 0 Å². The molecule has 0 N–H and O–H groups in total. The SMILES string of the molecule is C/C=C/CCCBr. The molecule has 0 aromatic carbocycles. The second-order valence-electron chi connectivity index (χ2n) is 1.40. The molecule has 0 spiro atoms. The van der Waals surface area contributed by atoms with Crippen molar-refractivity contribution in [2.24, 2.45) is 0 Å². The molecule has 0 saturated carbocycles. The molecule has 0 saturated heterocycles. The smallest absolute Gasteiger partial charge is 0.00342 e. The third-order valence-corrected chi connectivity index (χ3v) is 1.30. The van der Waals surface area contributed by atoms with E-state index in [4.69, 9.17) is 0 Å². The van der Waals surface area contributed by atoms with Crippen molar-refractivity contribution in [1.29, 1.82) is 0 Å². The highest BCUT2D eigenvalue weighted by Gasteiger charge is 1.74. The molecule has 0 aliphatic carbocycles. The minimum atomic E-state index is 1.12. The van der Waals surface area contributed by atoms with Gasteiger partial charge in [-0.3, -0.25) is 0 Å². The number of alkyl halides is 1. The number of halogens is 1. The van der Waals surface area contributed by atoms with Crippen molar-refractivity contribution in [3.63, 3.8) is 0 Å². The zero-order valence-electron chi connectivity index (χ0n) is 4.65. The van der Waals surface area contributed by atoms with E-state index in [9.17, 15) is 0 Å². The molecule has 0 aromatic rings. The zero-order valence-corrected chi connectivity index (χ0v) is 6.24. The molecule has 0 aliphatic rings. The van der Waals surface area contributed by atoms with Gasteiger partial charge in [-0.15, -0.1) is 0 Å². The van der Waals surface area contributed by atoms with Crippen LogP contribution in [0.5, 0.6) is 0 Å². The highest BCUT2D eigenvalue weighted by Crippen LogP contribution is 1.93. The molecule has 0 atom stereocenters. The van der Waals surface area contributed by atoms with Crippen LogP contribution in [0.2, 0.25) is 0 Å². The van der Waals surface area contributed by atoms with Crippen LogP contribution in [0.4, 0.5) is 0 Å². The third kappa shape index (κ3) is 6.22. The minimum Gasteiger partial charge on any atom is -0.0928 e. The van der Waals surface area contributed by atoms with E-state index in [2.05, 4.69) is 28.1 Å². The summed E-state index contributed by atoms with van der Waals surface area (Å²) in [7, 11) is 0. The lowest BCUT2D eigenvalue weighted by molar-refractivity contribution is 0.977. The lowest BCUT2D eigenvalue weighted by atomic mass is 10.3. The van der Waals surface area contributed by atoms with Gasteiger partial charge in [0.15, 0.2) is 0 Å². The van der Waals surface area contributed by atoms with Crippen molar-refractivity contribution in [2.45, 2.75) is 19.8 Å². The second kappa shape index (κ2) is 6.22. The van der Waals surface area contributed by atoms with Gasteiger partial charge in [0.25, 0.3) is 0 Å². The fourth-order valence-electron chi connectivity index (χ4n) is 0.362. The monoisotopic (exact) mass is 162 g/mol.